The first-order valence-electron chi connectivity index (χ1n) is 7.78. The molecule has 4 nitrogen and oxygen atoms in total. The van der Waals surface area contributed by atoms with Gasteiger partial charge in [0, 0.05) is 22.8 Å². The zero-order valence-corrected chi connectivity index (χ0v) is 14.3. The average Bonchev–Trinajstić information content (AvgIpc) is 3.06. The van der Waals surface area contributed by atoms with E-state index >= 15 is 0 Å². The predicted molar refractivity (Wildman–Crippen MR) is 97.6 cm³/mol. The van der Waals surface area contributed by atoms with Crippen molar-refractivity contribution in [2.24, 2.45) is 0 Å². The number of H-pyrrole nitrogens is 1. The molecule has 0 fully saturated rings. The van der Waals surface area contributed by atoms with Crippen LogP contribution in [0.15, 0.2) is 54.6 Å². The molecule has 1 N–H and O–H groups in total. The van der Waals surface area contributed by atoms with Gasteiger partial charge in [-0.05, 0) is 49.7 Å². The molecule has 0 unspecified atom stereocenters. The van der Waals surface area contributed by atoms with Gasteiger partial charge >= 0.3 is 0 Å². The predicted octanol–water partition coefficient (Wildman–Crippen LogP) is 4.71. The molecular weight excluding hydrogens is 322 g/mol. The van der Waals surface area contributed by atoms with Gasteiger partial charge in [0.05, 0.1) is 5.69 Å². The lowest BCUT2D eigenvalue weighted by molar-refractivity contribution is 0.0983. The Bertz CT molecular complexity index is 855. The third-order valence-electron chi connectivity index (χ3n) is 3.82. The summed E-state index contributed by atoms with van der Waals surface area (Å²) in [4.78, 5) is 14.5. The van der Waals surface area contributed by atoms with Crippen LogP contribution in [-0.4, -0.2) is 22.6 Å². The first-order valence-corrected chi connectivity index (χ1v) is 8.16. The molecule has 122 valence electrons. The number of hydrogen-bond donors (Lipinski definition) is 1. The molecule has 0 aliphatic heterocycles. The second kappa shape index (κ2) is 6.89. The highest BCUT2D eigenvalue weighted by Crippen LogP contribution is 2.22. The Hall–Kier alpha value is -2.59. The molecule has 0 spiro atoms. The van der Waals surface area contributed by atoms with Gasteiger partial charge in [-0.1, -0.05) is 35.9 Å². The van der Waals surface area contributed by atoms with Gasteiger partial charge in [0.25, 0.3) is 5.91 Å². The Morgan fingerprint density at radius 2 is 1.92 bits per heavy atom. The number of carbonyl (C=O) groups excluding carboxylic acids is 1. The van der Waals surface area contributed by atoms with E-state index in [0.717, 1.165) is 22.5 Å². The van der Waals surface area contributed by atoms with Gasteiger partial charge in [-0.3, -0.25) is 9.89 Å². The number of rotatable bonds is 4. The van der Waals surface area contributed by atoms with Crippen molar-refractivity contribution in [2.45, 2.75) is 13.8 Å². The van der Waals surface area contributed by atoms with E-state index < -0.39 is 0 Å². The summed E-state index contributed by atoms with van der Waals surface area (Å²) in [6, 6.07) is 17.0. The summed E-state index contributed by atoms with van der Waals surface area (Å²) < 4.78 is 0. The van der Waals surface area contributed by atoms with Gasteiger partial charge in [-0.25, -0.2) is 0 Å². The van der Waals surface area contributed by atoms with Gasteiger partial charge in [-0.15, -0.1) is 0 Å². The van der Waals surface area contributed by atoms with Crippen molar-refractivity contribution < 1.29 is 4.79 Å². The number of nitrogens with zero attached hydrogens (tertiary/aromatic N) is 2. The minimum absolute atomic E-state index is 0.101. The number of aromatic nitrogens is 2. The molecule has 0 bridgehead atoms. The Morgan fingerprint density at radius 1 is 1.17 bits per heavy atom. The largest absolute Gasteiger partial charge is 0.307 e. The highest BCUT2D eigenvalue weighted by molar-refractivity contribution is 6.30. The lowest BCUT2D eigenvalue weighted by Gasteiger charge is -2.20. The molecular formula is C19H18ClN3O. The molecule has 0 atom stereocenters. The standard InChI is InChI=1S/C19H18ClN3O/c1-3-23(16-6-4-5-13(2)11-16)19(24)18-12-17(21-22-18)14-7-9-15(20)10-8-14/h4-12H,3H2,1-2H3,(H,21,22). The average molecular weight is 340 g/mol. The Kier molecular flexibility index (Phi) is 4.67. The SMILES string of the molecule is CCN(C(=O)c1cc(-c2ccc(Cl)cc2)n[nH]1)c1cccc(C)c1. The molecule has 3 rings (SSSR count). The van der Waals surface area contributed by atoms with Crippen LogP contribution in [0.5, 0.6) is 0 Å². The third kappa shape index (κ3) is 3.34. The van der Waals surface area contributed by atoms with Crippen molar-refractivity contribution >= 4 is 23.2 Å². The second-order valence-corrected chi connectivity index (χ2v) is 6.00. The molecule has 0 radical (unpaired) electrons. The summed E-state index contributed by atoms with van der Waals surface area (Å²) in [5, 5.41) is 7.76. The maximum Gasteiger partial charge on any atom is 0.276 e. The zero-order chi connectivity index (χ0) is 17.1. The molecule has 0 aliphatic rings. The number of aryl methyl sites for hydroxylation is 1. The van der Waals surface area contributed by atoms with Crippen molar-refractivity contribution in [1.29, 1.82) is 0 Å². The number of carbonyl (C=O) groups is 1. The van der Waals surface area contributed by atoms with E-state index in [1.165, 1.54) is 0 Å². The Labute approximate surface area is 146 Å². The smallest absolute Gasteiger partial charge is 0.276 e. The van der Waals surface area contributed by atoms with E-state index in [4.69, 9.17) is 11.6 Å². The number of halogens is 1. The highest BCUT2D eigenvalue weighted by Gasteiger charge is 2.19. The summed E-state index contributed by atoms with van der Waals surface area (Å²) in [6.07, 6.45) is 0. The minimum Gasteiger partial charge on any atom is -0.307 e. The molecule has 3 aromatic rings. The highest BCUT2D eigenvalue weighted by atomic mass is 35.5. The van der Waals surface area contributed by atoms with Crippen LogP contribution >= 0.6 is 11.6 Å². The lowest BCUT2D eigenvalue weighted by Crippen LogP contribution is -2.30. The first kappa shape index (κ1) is 16.3. The molecule has 0 aliphatic carbocycles. The van der Waals surface area contributed by atoms with E-state index in [1.54, 1.807) is 23.1 Å². The second-order valence-electron chi connectivity index (χ2n) is 5.56. The number of hydrogen-bond acceptors (Lipinski definition) is 2. The van der Waals surface area contributed by atoms with E-state index in [2.05, 4.69) is 10.2 Å². The molecule has 1 heterocycles. The van der Waals surface area contributed by atoms with Crippen molar-refractivity contribution in [3.05, 3.63) is 70.9 Å². The molecule has 1 amide bonds. The van der Waals surface area contributed by atoms with Crippen molar-refractivity contribution in [3.63, 3.8) is 0 Å². The normalized spacial score (nSPS) is 10.6. The number of amides is 1. The van der Waals surface area contributed by atoms with Gasteiger partial charge in [0.1, 0.15) is 5.69 Å². The number of aromatic amines is 1. The fraction of sp³-hybridized carbons (Fsp3) is 0.158. The summed E-state index contributed by atoms with van der Waals surface area (Å²) in [6.45, 7) is 4.55. The molecule has 24 heavy (non-hydrogen) atoms. The zero-order valence-electron chi connectivity index (χ0n) is 13.6. The van der Waals surface area contributed by atoms with Crippen LogP contribution in [0.2, 0.25) is 5.02 Å². The van der Waals surface area contributed by atoms with Gasteiger partial charge in [-0.2, -0.15) is 5.10 Å². The van der Waals surface area contributed by atoms with E-state index in [1.807, 2.05) is 50.2 Å². The first-order chi connectivity index (χ1) is 11.6. The minimum atomic E-state index is -0.101. The van der Waals surface area contributed by atoms with Crippen molar-refractivity contribution in [3.8, 4) is 11.3 Å². The van der Waals surface area contributed by atoms with Crippen LogP contribution in [0.4, 0.5) is 5.69 Å². The number of benzene rings is 2. The quantitative estimate of drug-likeness (QED) is 0.748. The van der Waals surface area contributed by atoms with Crippen LogP contribution in [0, 0.1) is 6.92 Å². The van der Waals surface area contributed by atoms with Crippen LogP contribution in [0.25, 0.3) is 11.3 Å². The van der Waals surface area contributed by atoms with Crippen LogP contribution in [0.3, 0.4) is 0 Å². The third-order valence-corrected chi connectivity index (χ3v) is 4.07. The number of nitrogens with one attached hydrogen (secondary N) is 1. The summed E-state index contributed by atoms with van der Waals surface area (Å²) in [7, 11) is 0. The summed E-state index contributed by atoms with van der Waals surface area (Å²) in [5.74, 6) is -0.101. The van der Waals surface area contributed by atoms with Gasteiger partial charge in [0.2, 0.25) is 0 Å². The van der Waals surface area contributed by atoms with E-state index in [-0.39, 0.29) is 5.91 Å². The van der Waals surface area contributed by atoms with E-state index in [0.29, 0.717) is 17.3 Å². The molecule has 0 saturated carbocycles. The fourth-order valence-electron chi connectivity index (χ4n) is 2.58. The van der Waals surface area contributed by atoms with Crippen LogP contribution < -0.4 is 4.90 Å². The van der Waals surface area contributed by atoms with E-state index in [9.17, 15) is 4.79 Å². The van der Waals surface area contributed by atoms with Gasteiger partial charge < -0.3 is 4.90 Å². The Morgan fingerprint density at radius 3 is 2.58 bits per heavy atom. The summed E-state index contributed by atoms with van der Waals surface area (Å²) >= 11 is 5.91. The fourth-order valence-corrected chi connectivity index (χ4v) is 2.71. The van der Waals surface area contributed by atoms with Crippen LogP contribution in [0.1, 0.15) is 23.0 Å². The molecule has 2 aromatic carbocycles. The molecule has 1 aromatic heterocycles. The maximum atomic E-state index is 12.8. The summed E-state index contributed by atoms with van der Waals surface area (Å²) in [5.41, 5.74) is 4.09. The maximum absolute atomic E-state index is 12.8. The molecule has 0 saturated heterocycles. The van der Waals surface area contributed by atoms with Crippen molar-refractivity contribution in [1.82, 2.24) is 10.2 Å². The lowest BCUT2D eigenvalue weighted by atomic mass is 10.1. The van der Waals surface area contributed by atoms with Gasteiger partial charge in [0.15, 0.2) is 0 Å². The number of anilines is 1. The topological polar surface area (TPSA) is 49.0 Å². The van der Waals surface area contributed by atoms with Crippen molar-refractivity contribution in [2.75, 3.05) is 11.4 Å². The molecule has 5 heteroatoms. The monoisotopic (exact) mass is 339 g/mol. The van der Waals surface area contributed by atoms with Crippen LogP contribution in [-0.2, 0) is 0 Å². The Balaban J connectivity index is 1.88.